The Balaban J connectivity index is 2.34. The molecular formula is C16H15NO. The van der Waals surface area contributed by atoms with E-state index in [1.807, 2.05) is 30.3 Å². The van der Waals surface area contributed by atoms with E-state index in [9.17, 15) is 4.79 Å². The van der Waals surface area contributed by atoms with Crippen molar-refractivity contribution in [2.45, 2.75) is 19.9 Å². The zero-order valence-corrected chi connectivity index (χ0v) is 10.5. The molecule has 2 aromatic carbocycles. The third-order valence-electron chi connectivity index (χ3n) is 3.18. The van der Waals surface area contributed by atoms with E-state index in [1.165, 1.54) is 0 Å². The summed E-state index contributed by atoms with van der Waals surface area (Å²) in [5.74, 6) is 0.0856. The SMILES string of the molecule is CC(C)Nc1ccc2cccc3c2c1C(=O)C=C3. The Kier molecular flexibility index (Phi) is 2.44. The first-order valence-electron chi connectivity index (χ1n) is 6.21. The normalized spacial score (nSPS) is 13.4. The molecule has 0 aromatic heterocycles. The summed E-state index contributed by atoms with van der Waals surface area (Å²) < 4.78 is 0. The third kappa shape index (κ3) is 1.61. The highest BCUT2D eigenvalue weighted by atomic mass is 16.1. The van der Waals surface area contributed by atoms with E-state index in [4.69, 9.17) is 0 Å². The number of allylic oxidation sites excluding steroid dienone is 1. The maximum atomic E-state index is 12.1. The fourth-order valence-corrected chi connectivity index (χ4v) is 2.48. The lowest BCUT2D eigenvalue weighted by atomic mass is 9.91. The van der Waals surface area contributed by atoms with Crippen LogP contribution in [-0.4, -0.2) is 11.8 Å². The molecule has 0 spiro atoms. The summed E-state index contributed by atoms with van der Waals surface area (Å²) in [7, 11) is 0. The van der Waals surface area contributed by atoms with Crippen molar-refractivity contribution < 1.29 is 4.79 Å². The molecule has 0 saturated heterocycles. The summed E-state index contributed by atoms with van der Waals surface area (Å²) >= 11 is 0. The van der Waals surface area contributed by atoms with Crippen molar-refractivity contribution in [3.63, 3.8) is 0 Å². The minimum atomic E-state index is 0.0856. The van der Waals surface area contributed by atoms with Crippen LogP contribution in [0.4, 0.5) is 5.69 Å². The molecule has 1 aliphatic carbocycles. The van der Waals surface area contributed by atoms with Gasteiger partial charge < -0.3 is 5.32 Å². The van der Waals surface area contributed by atoms with Crippen LogP contribution in [-0.2, 0) is 0 Å². The lowest BCUT2D eigenvalue weighted by Crippen LogP contribution is -2.14. The Hall–Kier alpha value is -2.09. The Morgan fingerprint density at radius 2 is 1.89 bits per heavy atom. The van der Waals surface area contributed by atoms with Crippen LogP contribution in [0.1, 0.15) is 29.8 Å². The molecule has 0 fully saturated rings. The highest BCUT2D eigenvalue weighted by Gasteiger charge is 2.18. The Morgan fingerprint density at radius 3 is 2.67 bits per heavy atom. The fourth-order valence-electron chi connectivity index (χ4n) is 2.48. The molecule has 0 saturated carbocycles. The zero-order chi connectivity index (χ0) is 12.7. The van der Waals surface area contributed by atoms with Crippen LogP contribution in [0.3, 0.4) is 0 Å². The van der Waals surface area contributed by atoms with Gasteiger partial charge in [-0.25, -0.2) is 0 Å². The predicted molar refractivity (Wildman–Crippen MR) is 76.1 cm³/mol. The van der Waals surface area contributed by atoms with Crippen molar-refractivity contribution >= 4 is 28.3 Å². The van der Waals surface area contributed by atoms with Gasteiger partial charge in [0.1, 0.15) is 0 Å². The number of ketones is 1. The van der Waals surface area contributed by atoms with Gasteiger partial charge in [-0.2, -0.15) is 0 Å². The van der Waals surface area contributed by atoms with Crippen LogP contribution in [0.5, 0.6) is 0 Å². The summed E-state index contributed by atoms with van der Waals surface area (Å²) in [6, 6.07) is 10.5. The Bertz CT molecular complexity index is 668. The standard InChI is InChI=1S/C16H15NO/c1-10(2)17-13-8-6-11-4-3-5-12-7-9-14(18)16(13)15(11)12/h3-10,17H,1-2H3. The second-order valence-corrected chi connectivity index (χ2v) is 4.93. The topological polar surface area (TPSA) is 29.1 Å². The highest BCUT2D eigenvalue weighted by molar-refractivity contribution is 6.23. The maximum absolute atomic E-state index is 12.1. The second-order valence-electron chi connectivity index (χ2n) is 4.93. The van der Waals surface area contributed by atoms with Gasteiger partial charge in [0, 0.05) is 17.1 Å². The number of carbonyl (C=O) groups is 1. The third-order valence-corrected chi connectivity index (χ3v) is 3.18. The lowest BCUT2D eigenvalue weighted by Gasteiger charge is -2.18. The van der Waals surface area contributed by atoms with E-state index in [2.05, 4.69) is 25.2 Å². The molecule has 0 radical (unpaired) electrons. The molecule has 0 heterocycles. The molecule has 2 heteroatoms. The number of benzene rings is 2. The quantitative estimate of drug-likeness (QED) is 0.859. The first-order valence-corrected chi connectivity index (χ1v) is 6.21. The van der Waals surface area contributed by atoms with Crippen molar-refractivity contribution in [1.82, 2.24) is 0 Å². The maximum Gasteiger partial charge on any atom is 0.188 e. The van der Waals surface area contributed by atoms with Crippen molar-refractivity contribution in [1.29, 1.82) is 0 Å². The number of nitrogens with one attached hydrogen (secondary N) is 1. The molecule has 0 atom stereocenters. The van der Waals surface area contributed by atoms with E-state index in [1.54, 1.807) is 6.08 Å². The van der Waals surface area contributed by atoms with Crippen LogP contribution in [0.25, 0.3) is 16.8 Å². The van der Waals surface area contributed by atoms with Gasteiger partial charge in [-0.05, 0) is 36.9 Å². The molecule has 0 bridgehead atoms. The fraction of sp³-hybridized carbons (Fsp3) is 0.188. The second kappa shape index (κ2) is 3.98. The molecule has 0 amide bonds. The van der Waals surface area contributed by atoms with Crippen molar-refractivity contribution in [2.24, 2.45) is 0 Å². The summed E-state index contributed by atoms with van der Waals surface area (Å²) in [4.78, 5) is 12.1. The minimum Gasteiger partial charge on any atom is -0.382 e. The first kappa shape index (κ1) is 11.0. The molecule has 90 valence electrons. The van der Waals surface area contributed by atoms with Crippen molar-refractivity contribution in [3.05, 3.63) is 47.5 Å². The monoisotopic (exact) mass is 237 g/mol. The molecule has 3 rings (SSSR count). The average molecular weight is 237 g/mol. The lowest BCUT2D eigenvalue weighted by molar-refractivity contribution is 0.104. The van der Waals surface area contributed by atoms with Gasteiger partial charge in [0.2, 0.25) is 0 Å². The summed E-state index contributed by atoms with van der Waals surface area (Å²) in [6.45, 7) is 4.15. The van der Waals surface area contributed by atoms with E-state index in [0.717, 1.165) is 27.6 Å². The summed E-state index contributed by atoms with van der Waals surface area (Å²) in [6.07, 6.45) is 3.55. The van der Waals surface area contributed by atoms with Crippen LogP contribution in [0, 0.1) is 0 Å². The zero-order valence-electron chi connectivity index (χ0n) is 10.5. The van der Waals surface area contributed by atoms with E-state index in [-0.39, 0.29) is 5.78 Å². The van der Waals surface area contributed by atoms with Gasteiger partial charge in [0.05, 0.1) is 5.56 Å². The summed E-state index contributed by atoms with van der Waals surface area (Å²) in [5, 5.41) is 5.54. The predicted octanol–water partition coefficient (Wildman–Crippen LogP) is 3.87. The van der Waals surface area contributed by atoms with Crippen LogP contribution in [0.2, 0.25) is 0 Å². The van der Waals surface area contributed by atoms with E-state index in [0.29, 0.717) is 6.04 Å². The molecule has 2 nitrogen and oxygen atoms in total. The van der Waals surface area contributed by atoms with Crippen molar-refractivity contribution in [2.75, 3.05) is 5.32 Å². The van der Waals surface area contributed by atoms with Gasteiger partial charge in [-0.3, -0.25) is 4.79 Å². The van der Waals surface area contributed by atoms with E-state index >= 15 is 0 Å². The van der Waals surface area contributed by atoms with Gasteiger partial charge >= 0.3 is 0 Å². The molecule has 1 aliphatic rings. The molecule has 18 heavy (non-hydrogen) atoms. The Labute approximate surface area is 106 Å². The molecule has 2 aromatic rings. The van der Waals surface area contributed by atoms with Crippen molar-refractivity contribution in [3.8, 4) is 0 Å². The van der Waals surface area contributed by atoms with Gasteiger partial charge in [-0.1, -0.05) is 30.3 Å². The van der Waals surface area contributed by atoms with E-state index < -0.39 is 0 Å². The molecule has 1 N–H and O–H groups in total. The average Bonchev–Trinajstić information content (AvgIpc) is 2.34. The highest BCUT2D eigenvalue weighted by Crippen LogP contribution is 2.33. The van der Waals surface area contributed by atoms with Crippen LogP contribution in [0.15, 0.2) is 36.4 Å². The molecule has 0 aliphatic heterocycles. The Morgan fingerprint density at radius 1 is 1.06 bits per heavy atom. The largest absolute Gasteiger partial charge is 0.382 e. The summed E-state index contributed by atoms with van der Waals surface area (Å²) in [5.41, 5.74) is 2.85. The van der Waals surface area contributed by atoms with Crippen LogP contribution < -0.4 is 5.32 Å². The molecule has 0 unspecified atom stereocenters. The first-order chi connectivity index (χ1) is 8.66. The number of carbonyl (C=O) groups excluding carboxylic acids is 1. The van der Waals surface area contributed by atoms with Gasteiger partial charge in [0.15, 0.2) is 5.78 Å². The minimum absolute atomic E-state index is 0.0856. The van der Waals surface area contributed by atoms with Gasteiger partial charge in [-0.15, -0.1) is 0 Å². The molecular weight excluding hydrogens is 222 g/mol. The number of hydrogen-bond donors (Lipinski definition) is 1. The van der Waals surface area contributed by atoms with Crippen LogP contribution >= 0.6 is 0 Å². The van der Waals surface area contributed by atoms with Gasteiger partial charge in [0.25, 0.3) is 0 Å². The number of rotatable bonds is 2. The smallest absolute Gasteiger partial charge is 0.188 e. The number of hydrogen-bond acceptors (Lipinski definition) is 2. The number of anilines is 1.